The van der Waals surface area contributed by atoms with Gasteiger partial charge in [0.15, 0.2) is 11.3 Å². The Labute approximate surface area is 110 Å². The Balaban J connectivity index is 2.08. The molecule has 2 aromatic rings. The topological polar surface area (TPSA) is 77.2 Å². The van der Waals surface area contributed by atoms with Crippen molar-refractivity contribution >= 4 is 17.1 Å². The molecule has 0 aliphatic carbocycles. The maximum Gasteiger partial charge on any atom is 0.354 e. The van der Waals surface area contributed by atoms with Gasteiger partial charge in [-0.25, -0.2) is 14.8 Å². The summed E-state index contributed by atoms with van der Waals surface area (Å²) in [6, 6.07) is 3.20. The van der Waals surface area contributed by atoms with E-state index in [0.29, 0.717) is 12.2 Å². The van der Waals surface area contributed by atoms with Crippen LogP contribution in [0, 0.1) is 0 Å². The molecule has 100 valence electrons. The van der Waals surface area contributed by atoms with E-state index >= 15 is 0 Å². The molecule has 0 amide bonds. The molecule has 1 saturated heterocycles. The van der Waals surface area contributed by atoms with E-state index in [-0.39, 0.29) is 11.8 Å². The lowest BCUT2D eigenvalue weighted by atomic mass is 10.2. The minimum Gasteiger partial charge on any atom is -0.477 e. The van der Waals surface area contributed by atoms with E-state index in [0.717, 1.165) is 30.8 Å². The minimum absolute atomic E-state index is 0.0471. The van der Waals surface area contributed by atoms with Gasteiger partial charge >= 0.3 is 5.97 Å². The summed E-state index contributed by atoms with van der Waals surface area (Å²) in [7, 11) is 0. The predicted octanol–water partition coefficient (Wildman–Crippen LogP) is 1.48. The van der Waals surface area contributed by atoms with Gasteiger partial charge in [0.05, 0.1) is 12.6 Å². The van der Waals surface area contributed by atoms with Crippen molar-refractivity contribution < 1.29 is 14.6 Å². The molecule has 3 rings (SSSR count). The van der Waals surface area contributed by atoms with Gasteiger partial charge in [0.25, 0.3) is 0 Å². The van der Waals surface area contributed by atoms with Gasteiger partial charge in [0, 0.05) is 13.0 Å². The largest absolute Gasteiger partial charge is 0.477 e. The Morgan fingerprint density at radius 2 is 2.32 bits per heavy atom. The summed E-state index contributed by atoms with van der Waals surface area (Å²) in [5.41, 5.74) is 1.42. The average molecular weight is 261 g/mol. The molecule has 0 aromatic carbocycles. The summed E-state index contributed by atoms with van der Waals surface area (Å²) in [6.45, 7) is 3.51. The molecule has 1 unspecified atom stereocenters. The number of aromatic carboxylic acids is 1. The number of carboxylic acid groups (broad SMARTS) is 1. The molecule has 1 fully saturated rings. The smallest absolute Gasteiger partial charge is 0.354 e. The van der Waals surface area contributed by atoms with Gasteiger partial charge in [-0.05, 0) is 18.6 Å². The van der Waals surface area contributed by atoms with Crippen LogP contribution in [0.1, 0.15) is 29.7 Å². The van der Waals surface area contributed by atoms with Crippen LogP contribution in [0.25, 0.3) is 11.2 Å². The van der Waals surface area contributed by atoms with E-state index in [4.69, 9.17) is 9.84 Å². The van der Waals surface area contributed by atoms with Crippen molar-refractivity contribution in [3.8, 4) is 0 Å². The highest BCUT2D eigenvalue weighted by Crippen LogP contribution is 2.20. The first-order chi connectivity index (χ1) is 9.19. The minimum atomic E-state index is -1.02. The van der Waals surface area contributed by atoms with Crippen molar-refractivity contribution in [2.45, 2.75) is 32.4 Å². The molecule has 1 N–H and O–H groups in total. The quantitative estimate of drug-likeness (QED) is 0.902. The molecule has 3 heterocycles. The number of rotatable bonds is 4. The average Bonchev–Trinajstić information content (AvgIpc) is 2.70. The molecule has 6 nitrogen and oxygen atoms in total. The van der Waals surface area contributed by atoms with Crippen LogP contribution < -0.4 is 0 Å². The van der Waals surface area contributed by atoms with Crippen molar-refractivity contribution in [2.75, 3.05) is 6.61 Å². The monoisotopic (exact) mass is 261 g/mol. The maximum absolute atomic E-state index is 11.0. The number of aryl methyl sites for hydroxylation is 1. The van der Waals surface area contributed by atoms with Gasteiger partial charge in [-0.1, -0.05) is 6.92 Å². The maximum atomic E-state index is 11.0. The molecule has 19 heavy (non-hydrogen) atoms. The second-order valence-corrected chi connectivity index (χ2v) is 4.62. The molecular formula is C13H15N3O3. The Morgan fingerprint density at radius 1 is 1.53 bits per heavy atom. The summed E-state index contributed by atoms with van der Waals surface area (Å²) >= 11 is 0. The van der Waals surface area contributed by atoms with Gasteiger partial charge in [0.2, 0.25) is 0 Å². The van der Waals surface area contributed by atoms with Crippen molar-refractivity contribution in [1.82, 2.24) is 14.5 Å². The van der Waals surface area contributed by atoms with Gasteiger partial charge in [-0.15, -0.1) is 0 Å². The van der Waals surface area contributed by atoms with Gasteiger partial charge in [-0.3, -0.25) is 0 Å². The van der Waals surface area contributed by atoms with E-state index in [1.165, 1.54) is 6.07 Å². The van der Waals surface area contributed by atoms with E-state index in [1.54, 1.807) is 6.07 Å². The third-order valence-corrected chi connectivity index (χ3v) is 3.39. The number of aromatic nitrogens is 3. The molecule has 0 spiro atoms. The number of carboxylic acids is 1. The Kier molecular flexibility index (Phi) is 2.94. The third-order valence-electron chi connectivity index (χ3n) is 3.39. The van der Waals surface area contributed by atoms with Crippen LogP contribution in [0.4, 0.5) is 0 Å². The Bertz CT molecular complexity index is 631. The van der Waals surface area contributed by atoms with Crippen LogP contribution >= 0.6 is 0 Å². The molecule has 6 heteroatoms. The number of ether oxygens (including phenoxy) is 1. The molecule has 1 aliphatic rings. The van der Waals surface area contributed by atoms with Crippen LogP contribution in [0.5, 0.6) is 0 Å². The van der Waals surface area contributed by atoms with Crippen LogP contribution in [0.3, 0.4) is 0 Å². The zero-order valence-electron chi connectivity index (χ0n) is 10.7. The van der Waals surface area contributed by atoms with Gasteiger partial charge < -0.3 is 14.4 Å². The standard InChI is InChI=1S/C13H15N3O3/c1-2-11-14-9-3-4-10(13(17)18)15-12(9)16(11)7-8-5-6-19-8/h3-4,8H,2,5-7H2,1H3,(H,17,18). The fourth-order valence-corrected chi connectivity index (χ4v) is 2.26. The molecular weight excluding hydrogens is 246 g/mol. The summed E-state index contributed by atoms with van der Waals surface area (Å²) < 4.78 is 7.42. The van der Waals surface area contributed by atoms with E-state index in [9.17, 15) is 4.79 Å². The first kappa shape index (κ1) is 12.1. The van der Waals surface area contributed by atoms with E-state index in [2.05, 4.69) is 9.97 Å². The number of imidazole rings is 1. The number of hydrogen-bond donors (Lipinski definition) is 1. The SMILES string of the molecule is CCc1nc2ccc(C(=O)O)nc2n1CC1CCO1. The summed E-state index contributed by atoms with van der Waals surface area (Å²) in [4.78, 5) is 19.7. The van der Waals surface area contributed by atoms with Crippen LogP contribution in [-0.2, 0) is 17.7 Å². The summed E-state index contributed by atoms with van der Waals surface area (Å²) in [6.07, 6.45) is 2.01. The Hall–Kier alpha value is -1.95. The Morgan fingerprint density at radius 3 is 2.89 bits per heavy atom. The fraction of sp³-hybridized carbons (Fsp3) is 0.462. The van der Waals surface area contributed by atoms with Crippen molar-refractivity contribution in [3.05, 3.63) is 23.7 Å². The lowest BCUT2D eigenvalue weighted by Gasteiger charge is -2.27. The van der Waals surface area contributed by atoms with E-state index in [1.807, 2.05) is 11.5 Å². The highest BCUT2D eigenvalue weighted by molar-refractivity contribution is 5.88. The highest BCUT2D eigenvalue weighted by atomic mass is 16.5. The number of pyridine rings is 1. The molecule has 1 atom stereocenters. The van der Waals surface area contributed by atoms with Gasteiger partial charge in [-0.2, -0.15) is 0 Å². The predicted molar refractivity (Wildman–Crippen MR) is 68.2 cm³/mol. The van der Waals surface area contributed by atoms with Gasteiger partial charge in [0.1, 0.15) is 11.3 Å². The number of nitrogens with zero attached hydrogens (tertiary/aromatic N) is 3. The second kappa shape index (κ2) is 4.62. The second-order valence-electron chi connectivity index (χ2n) is 4.62. The lowest BCUT2D eigenvalue weighted by molar-refractivity contribution is -0.0590. The first-order valence-electron chi connectivity index (χ1n) is 6.40. The first-order valence-corrected chi connectivity index (χ1v) is 6.40. The number of carbonyl (C=O) groups is 1. The molecule has 1 aliphatic heterocycles. The van der Waals surface area contributed by atoms with Crippen molar-refractivity contribution in [1.29, 1.82) is 0 Å². The zero-order valence-corrected chi connectivity index (χ0v) is 10.7. The zero-order chi connectivity index (χ0) is 13.4. The summed E-state index contributed by atoms with van der Waals surface area (Å²) in [5.74, 6) is -0.104. The van der Waals surface area contributed by atoms with Crippen LogP contribution in [0.15, 0.2) is 12.1 Å². The lowest BCUT2D eigenvalue weighted by Crippen LogP contribution is -2.31. The van der Waals surface area contributed by atoms with E-state index < -0.39 is 5.97 Å². The van der Waals surface area contributed by atoms with Crippen molar-refractivity contribution in [3.63, 3.8) is 0 Å². The molecule has 0 bridgehead atoms. The highest BCUT2D eigenvalue weighted by Gasteiger charge is 2.22. The number of fused-ring (bicyclic) bond motifs is 1. The van der Waals surface area contributed by atoms with Crippen LogP contribution in [0.2, 0.25) is 0 Å². The third kappa shape index (κ3) is 2.08. The normalized spacial score (nSPS) is 18.5. The van der Waals surface area contributed by atoms with Crippen molar-refractivity contribution in [2.24, 2.45) is 0 Å². The van der Waals surface area contributed by atoms with Crippen LogP contribution in [-0.4, -0.2) is 38.3 Å². The molecule has 0 saturated carbocycles. The fourth-order valence-electron chi connectivity index (χ4n) is 2.26. The molecule has 0 radical (unpaired) electrons. The number of hydrogen-bond acceptors (Lipinski definition) is 4. The summed E-state index contributed by atoms with van der Waals surface area (Å²) in [5, 5.41) is 9.02. The molecule has 2 aromatic heterocycles.